The molecule has 4 nitrogen and oxygen atoms in total. The van der Waals surface area contributed by atoms with Gasteiger partial charge in [-0.15, -0.1) is 17.7 Å². The second-order valence-corrected chi connectivity index (χ2v) is 14.6. The van der Waals surface area contributed by atoms with Gasteiger partial charge in [0.05, 0.1) is 19.2 Å². The molecule has 0 fully saturated rings. The molecule has 10 rings (SSSR count). The zero-order valence-corrected chi connectivity index (χ0v) is 33.7. The quantitative estimate of drug-likeness (QED) is 0.149. The Hall–Kier alpha value is -6.22. The number of fused-ring (bicyclic) bond motifs is 4. The van der Waals surface area contributed by atoms with E-state index in [1.165, 1.54) is 0 Å². The number of aromatic nitrogens is 2. The summed E-state index contributed by atoms with van der Waals surface area (Å²) in [5.74, 6) is 0.348. The van der Waals surface area contributed by atoms with Crippen LogP contribution in [0.25, 0.3) is 49.9 Å². The minimum absolute atomic E-state index is 0. The zero-order chi connectivity index (χ0) is 52.4. The van der Waals surface area contributed by atoms with Gasteiger partial charge in [-0.2, -0.15) is 53.5 Å². The van der Waals surface area contributed by atoms with Crippen LogP contribution in [0.1, 0.15) is 59.4 Å². The molecule has 5 heteroatoms. The molecular weight excluding hydrogens is 888 g/mol. The van der Waals surface area contributed by atoms with Crippen molar-refractivity contribution in [3.8, 4) is 28.1 Å². The largest absolute Gasteiger partial charge is 0.493 e. The van der Waals surface area contributed by atoms with Gasteiger partial charge in [-0.05, 0) is 65.6 Å². The van der Waals surface area contributed by atoms with Crippen molar-refractivity contribution in [2.24, 2.45) is 0 Å². The normalized spacial score (nSPS) is 16.4. The van der Waals surface area contributed by atoms with Gasteiger partial charge in [-0.25, -0.2) is 4.98 Å². The molecule has 0 saturated heterocycles. The van der Waals surface area contributed by atoms with Crippen LogP contribution in [0.3, 0.4) is 0 Å². The molecule has 0 radical (unpaired) electrons. The summed E-state index contributed by atoms with van der Waals surface area (Å²) in [7, 11) is 0. The molecule has 2 aromatic heterocycles. The van der Waals surface area contributed by atoms with Crippen molar-refractivity contribution in [1.82, 2.24) is 9.55 Å². The van der Waals surface area contributed by atoms with Crippen molar-refractivity contribution in [2.75, 3.05) is 9.80 Å². The number of benzene rings is 7. The van der Waals surface area contributed by atoms with Gasteiger partial charge in [0.25, 0.3) is 0 Å². The van der Waals surface area contributed by atoms with Crippen LogP contribution in [0, 0.1) is 18.8 Å². The first-order valence-electron chi connectivity index (χ1n) is 26.3. The van der Waals surface area contributed by atoms with E-state index in [9.17, 15) is 2.74 Å². The molecule has 1 aliphatic rings. The number of nitrogens with zero attached hydrogens (tertiary/aromatic N) is 4. The van der Waals surface area contributed by atoms with E-state index < -0.39 is 72.5 Å². The monoisotopic (exact) mass is 944 g/mol. The van der Waals surface area contributed by atoms with Gasteiger partial charge in [0.15, 0.2) is 0 Å². The zero-order valence-electron chi connectivity index (χ0n) is 47.4. The number of hydrogen-bond acceptors (Lipinski definition) is 3. The van der Waals surface area contributed by atoms with Gasteiger partial charge >= 0.3 is 0 Å². The Morgan fingerprint density at radius 3 is 2.00 bits per heavy atom. The molecule has 3 heterocycles. The molecule has 1 aliphatic heterocycles. The third kappa shape index (κ3) is 6.72. The summed E-state index contributed by atoms with van der Waals surface area (Å²) >= 11 is 0. The van der Waals surface area contributed by atoms with Crippen molar-refractivity contribution < 1.29 is 43.0 Å². The maximum atomic E-state index is 9.40. The Bertz CT molecular complexity index is 3710. The molecule has 58 heavy (non-hydrogen) atoms. The summed E-state index contributed by atoms with van der Waals surface area (Å²) in [5, 5.41) is 0.209. The van der Waals surface area contributed by atoms with Crippen molar-refractivity contribution in [2.45, 2.75) is 32.6 Å². The second-order valence-electron chi connectivity index (χ2n) is 14.6. The minimum atomic E-state index is -0.601. The fourth-order valence-corrected chi connectivity index (χ4v) is 7.27. The van der Waals surface area contributed by atoms with Gasteiger partial charge in [-0.1, -0.05) is 135 Å². The fourth-order valence-electron chi connectivity index (χ4n) is 7.27. The predicted octanol–water partition coefficient (Wildman–Crippen LogP) is 13.4. The summed E-state index contributed by atoms with van der Waals surface area (Å²) in [5.41, 5.74) is 3.45. The topological polar surface area (TPSA) is 24.3 Å². The molecule has 0 bridgehead atoms. The first-order chi connectivity index (χ1) is 34.5. The Balaban J connectivity index is 0.00000672. The van der Waals surface area contributed by atoms with Gasteiger partial charge in [-0.3, -0.25) is 0 Å². The maximum absolute atomic E-state index is 9.40. The molecular formula is C53H41N4Pt-3. The van der Waals surface area contributed by atoms with Crippen molar-refractivity contribution in [3.63, 3.8) is 0 Å². The Morgan fingerprint density at radius 1 is 0.638 bits per heavy atom. The molecule has 9 aromatic rings. The van der Waals surface area contributed by atoms with Crippen molar-refractivity contribution >= 4 is 44.6 Å². The van der Waals surface area contributed by atoms with E-state index in [1.54, 1.807) is 81.8 Å². The van der Waals surface area contributed by atoms with Crippen LogP contribution >= 0.6 is 0 Å². The van der Waals surface area contributed by atoms with Crippen LogP contribution < -0.4 is 9.80 Å². The first-order valence-corrected chi connectivity index (χ1v) is 18.3. The van der Waals surface area contributed by atoms with E-state index in [2.05, 4.69) is 17.1 Å². The maximum Gasteiger partial charge on any atom is 0.135 e. The summed E-state index contributed by atoms with van der Waals surface area (Å²) in [6, 6.07) is 20.1. The number of para-hydroxylation sites is 4. The van der Waals surface area contributed by atoms with E-state index in [0.29, 0.717) is 28.4 Å². The third-order valence-electron chi connectivity index (χ3n) is 9.96. The summed E-state index contributed by atoms with van der Waals surface area (Å²) in [6.07, 6.45) is 1.65. The van der Waals surface area contributed by atoms with Crippen LogP contribution in [-0.4, -0.2) is 9.55 Å². The van der Waals surface area contributed by atoms with E-state index in [0.717, 1.165) is 5.56 Å². The molecule has 0 unspecified atom stereocenters. The fraction of sp³-hybridized carbons (Fsp3) is 0.0943. The van der Waals surface area contributed by atoms with Gasteiger partial charge in [0.2, 0.25) is 0 Å². The summed E-state index contributed by atoms with van der Waals surface area (Å²) < 4.78 is 142. The molecule has 0 aliphatic carbocycles. The smallest absolute Gasteiger partial charge is 0.135 e. The summed E-state index contributed by atoms with van der Waals surface area (Å²) in [6.45, 7) is 7.79. The first kappa shape index (κ1) is 23.2. The van der Waals surface area contributed by atoms with E-state index in [-0.39, 0.29) is 112 Å². The summed E-state index contributed by atoms with van der Waals surface area (Å²) in [4.78, 5) is 8.13. The van der Waals surface area contributed by atoms with Gasteiger partial charge in [0.1, 0.15) is 5.82 Å². The van der Waals surface area contributed by atoms with Crippen LogP contribution in [0.2, 0.25) is 0 Å². The van der Waals surface area contributed by atoms with E-state index in [1.807, 2.05) is 39.0 Å². The Morgan fingerprint density at radius 2 is 1.29 bits per heavy atom. The SMILES string of the molecule is [2H]c1c([2H])c([2H])c(-c2cccc(-c3c([2H])c([2H])c([2H])c([2H])c3[2H])c2N2[CH-]N(c3[c-]c(Cc4[c-]c5c(c([2H])c4[2H])c4c([2H])c([2H])c([2H])c([2H])c4n5-c4cc(C(C)(C)C)ccn4)ccc3)c3ccccc32)c([2H])c1[2H].[Pt]. The van der Waals surface area contributed by atoms with Crippen LogP contribution in [0.5, 0.6) is 0 Å². The van der Waals surface area contributed by atoms with E-state index >= 15 is 0 Å². The number of anilines is 4. The van der Waals surface area contributed by atoms with Crippen LogP contribution in [0.4, 0.5) is 22.7 Å². The minimum Gasteiger partial charge on any atom is -0.493 e. The third-order valence-corrected chi connectivity index (χ3v) is 9.96. The molecule has 7 aromatic carbocycles. The molecule has 286 valence electrons. The van der Waals surface area contributed by atoms with Crippen molar-refractivity contribution in [1.29, 1.82) is 0 Å². The average molecular weight is 945 g/mol. The van der Waals surface area contributed by atoms with Gasteiger partial charge in [0, 0.05) is 62.3 Å². The molecule has 0 N–H and O–H groups in total. The van der Waals surface area contributed by atoms with Crippen LogP contribution in [-0.2, 0) is 32.9 Å². The molecule has 0 amide bonds. The standard InChI is InChI=1S/C53H41N4.Pt/c1-53(2,3)41-30-31-54-51(35-41)57-47-25-11-10-22-45(47)46-29-28-38(34-50(46)57)32-37-16-14-21-42(33-37)55-36-56(49-27-13-12-26-48(49)55)52-43(39-17-6-4-7-18-39)23-15-24-44(52)40-19-8-5-9-20-40;/h4-31,35-36H,32H2,1-3H3;/q-3;/i4D,5D,6D,7D,8D,9D,10D,11D,17D,18D,19D,20D,22D,25D,28D,29D;. The molecule has 0 atom stereocenters. The predicted molar refractivity (Wildman–Crippen MR) is 237 cm³/mol. The van der Waals surface area contributed by atoms with Gasteiger partial charge < -0.3 is 14.4 Å². The Kier molecular flexibility index (Phi) is 6.12. The molecule has 0 saturated carbocycles. The van der Waals surface area contributed by atoms with Crippen molar-refractivity contribution in [3.05, 3.63) is 211 Å². The van der Waals surface area contributed by atoms with E-state index in [4.69, 9.17) is 19.2 Å². The number of rotatable bonds is 7. The number of hydrogen-bond donors (Lipinski definition) is 0. The molecule has 0 spiro atoms. The Labute approximate surface area is 377 Å². The second kappa shape index (κ2) is 15.3. The van der Waals surface area contributed by atoms with Crippen LogP contribution in [0.15, 0.2) is 176 Å². The number of pyridine rings is 1. The average Bonchev–Trinajstić information content (AvgIpc) is 3.93.